The van der Waals surface area contributed by atoms with E-state index in [0.717, 1.165) is 27.1 Å². The summed E-state index contributed by atoms with van der Waals surface area (Å²) in [5.41, 5.74) is 1.95. The molecular formula is C24H27N3O4S. The van der Waals surface area contributed by atoms with Gasteiger partial charge in [-0.25, -0.2) is 0 Å². The topological polar surface area (TPSA) is 72.8 Å². The molecule has 0 atom stereocenters. The van der Waals surface area contributed by atoms with Gasteiger partial charge in [0.15, 0.2) is 11.5 Å². The van der Waals surface area contributed by atoms with Crippen LogP contribution in [-0.2, 0) is 22.7 Å². The van der Waals surface area contributed by atoms with Gasteiger partial charge in [-0.1, -0.05) is 24.3 Å². The molecule has 2 heterocycles. The first kappa shape index (κ1) is 22.1. The summed E-state index contributed by atoms with van der Waals surface area (Å²) in [6, 6.07) is 13.6. The number of rotatable bonds is 9. The van der Waals surface area contributed by atoms with Crippen LogP contribution >= 0.6 is 11.8 Å². The standard InChI is InChI=1S/C24H27N3O4S/c1-3-26(4-2)24(29)14-27-13-22(18-7-5-6-8-19(18)27)32-15-23(28)25-12-17-9-10-20-21(11-17)31-16-30-20/h5-11,13H,3-4,12,14-16H2,1-2H3,(H,25,28). The van der Waals surface area contributed by atoms with Gasteiger partial charge in [-0.15, -0.1) is 11.8 Å². The summed E-state index contributed by atoms with van der Waals surface area (Å²) in [5, 5.41) is 4.00. The third-order valence-electron chi connectivity index (χ3n) is 5.46. The lowest BCUT2D eigenvalue weighted by Gasteiger charge is -2.19. The number of hydrogen-bond donors (Lipinski definition) is 1. The quantitative estimate of drug-likeness (QED) is 0.501. The summed E-state index contributed by atoms with van der Waals surface area (Å²) in [4.78, 5) is 27.9. The zero-order chi connectivity index (χ0) is 22.5. The molecule has 3 aromatic rings. The van der Waals surface area contributed by atoms with Crippen molar-refractivity contribution in [2.75, 3.05) is 25.6 Å². The molecule has 1 aliphatic rings. The third kappa shape index (κ3) is 4.85. The Labute approximate surface area is 191 Å². The molecule has 4 rings (SSSR count). The molecule has 2 amide bonds. The number of aromatic nitrogens is 1. The van der Waals surface area contributed by atoms with Gasteiger partial charge in [0, 0.05) is 41.6 Å². The Balaban J connectivity index is 1.38. The summed E-state index contributed by atoms with van der Waals surface area (Å²) in [6.07, 6.45) is 1.97. The van der Waals surface area contributed by atoms with Crippen molar-refractivity contribution in [3.63, 3.8) is 0 Å². The number of thioether (sulfide) groups is 1. The first-order chi connectivity index (χ1) is 15.6. The summed E-state index contributed by atoms with van der Waals surface area (Å²) >= 11 is 1.48. The number of ether oxygens (including phenoxy) is 2. The van der Waals surface area contributed by atoms with E-state index in [-0.39, 0.29) is 18.6 Å². The molecule has 0 saturated carbocycles. The van der Waals surface area contributed by atoms with E-state index >= 15 is 0 Å². The number of para-hydroxylation sites is 1. The fourth-order valence-electron chi connectivity index (χ4n) is 3.73. The third-order valence-corrected chi connectivity index (χ3v) is 6.50. The molecule has 8 heteroatoms. The van der Waals surface area contributed by atoms with Crippen LogP contribution in [0.5, 0.6) is 11.5 Å². The van der Waals surface area contributed by atoms with Gasteiger partial charge < -0.3 is 24.3 Å². The van der Waals surface area contributed by atoms with Crippen LogP contribution in [-0.4, -0.2) is 46.9 Å². The van der Waals surface area contributed by atoms with Crippen LogP contribution in [0.3, 0.4) is 0 Å². The van der Waals surface area contributed by atoms with E-state index in [9.17, 15) is 9.59 Å². The number of hydrogen-bond acceptors (Lipinski definition) is 5. The van der Waals surface area contributed by atoms with Gasteiger partial charge in [0.05, 0.1) is 5.75 Å². The maximum Gasteiger partial charge on any atom is 0.242 e. The molecule has 1 aromatic heterocycles. The van der Waals surface area contributed by atoms with Crippen molar-refractivity contribution < 1.29 is 19.1 Å². The van der Waals surface area contributed by atoms with E-state index in [4.69, 9.17) is 9.47 Å². The Kier molecular flexibility index (Phi) is 6.90. The Morgan fingerprint density at radius 1 is 1.09 bits per heavy atom. The summed E-state index contributed by atoms with van der Waals surface area (Å²) in [7, 11) is 0. The van der Waals surface area contributed by atoms with Crippen LogP contribution in [0.4, 0.5) is 0 Å². The van der Waals surface area contributed by atoms with Gasteiger partial charge in [0.2, 0.25) is 18.6 Å². The molecule has 0 spiro atoms. The predicted molar refractivity (Wildman–Crippen MR) is 125 cm³/mol. The minimum Gasteiger partial charge on any atom is -0.454 e. The molecule has 7 nitrogen and oxygen atoms in total. The first-order valence-corrected chi connectivity index (χ1v) is 11.7. The molecule has 0 bridgehead atoms. The van der Waals surface area contributed by atoms with E-state index in [1.807, 2.05) is 72.0 Å². The molecule has 1 aliphatic heterocycles. The van der Waals surface area contributed by atoms with E-state index < -0.39 is 0 Å². The SMILES string of the molecule is CCN(CC)C(=O)Cn1cc(SCC(=O)NCc2ccc3c(c2)OCO3)c2ccccc21. The molecule has 0 aliphatic carbocycles. The van der Waals surface area contributed by atoms with Crippen molar-refractivity contribution in [2.24, 2.45) is 0 Å². The van der Waals surface area contributed by atoms with Gasteiger partial charge in [-0.05, 0) is 37.6 Å². The summed E-state index contributed by atoms with van der Waals surface area (Å²) in [5.74, 6) is 1.77. The number of amides is 2. The van der Waals surface area contributed by atoms with Crippen molar-refractivity contribution in [1.82, 2.24) is 14.8 Å². The van der Waals surface area contributed by atoms with E-state index in [1.165, 1.54) is 11.8 Å². The number of likely N-dealkylation sites (N-methyl/N-ethyl adjacent to an activating group) is 1. The van der Waals surface area contributed by atoms with Gasteiger partial charge >= 0.3 is 0 Å². The van der Waals surface area contributed by atoms with Crippen LogP contribution in [0, 0.1) is 0 Å². The second-order valence-electron chi connectivity index (χ2n) is 7.46. The van der Waals surface area contributed by atoms with Crippen LogP contribution in [0.25, 0.3) is 10.9 Å². The highest BCUT2D eigenvalue weighted by Gasteiger charge is 2.16. The molecule has 1 N–H and O–H groups in total. The van der Waals surface area contributed by atoms with Crippen LogP contribution < -0.4 is 14.8 Å². The Hall–Kier alpha value is -3.13. The molecule has 0 radical (unpaired) electrons. The average molecular weight is 454 g/mol. The molecule has 0 fully saturated rings. The average Bonchev–Trinajstić information content (AvgIpc) is 3.41. The van der Waals surface area contributed by atoms with Crippen molar-refractivity contribution >= 4 is 34.5 Å². The number of nitrogens with one attached hydrogen (secondary N) is 1. The largest absolute Gasteiger partial charge is 0.454 e. The summed E-state index contributed by atoms with van der Waals surface area (Å²) < 4.78 is 12.7. The van der Waals surface area contributed by atoms with E-state index in [0.29, 0.717) is 37.7 Å². The van der Waals surface area contributed by atoms with Crippen molar-refractivity contribution in [2.45, 2.75) is 31.8 Å². The molecule has 0 unspecified atom stereocenters. The highest BCUT2D eigenvalue weighted by atomic mass is 32.2. The lowest BCUT2D eigenvalue weighted by Crippen LogP contribution is -2.33. The molecule has 32 heavy (non-hydrogen) atoms. The Morgan fingerprint density at radius 2 is 1.88 bits per heavy atom. The highest BCUT2D eigenvalue weighted by molar-refractivity contribution is 8.00. The number of fused-ring (bicyclic) bond motifs is 2. The van der Waals surface area contributed by atoms with Gasteiger partial charge in [0.25, 0.3) is 0 Å². The van der Waals surface area contributed by atoms with Gasteiger partial charge in [0.1, 0.15) is 6.54 Å². The molecule has 168 valence electrons. The van der Waals surface area contributed by atoms with Crippen molar-refractivity contribution in [3.05, 3.63) is 54.2 Å². The lowest BCUT2D eigenvalue weighted by molar-refractivity contribution is -0.131. The second kappa shape index (κ2) is 9.99. The second-order valence-corrected chi connectivity index (χ2v) is 8.47. The predicted octanol–water partition coefficient (Wildman–Crippen LogP) is 3.65. The van der Waals surface area contributed by atoms with Crippen molar-refractivity contribution in [1.29, 1.82) is 0 Å². The Bertz CT molecular complexity index is 1120. The minimum atomic E-state index is -0.0521. The summed E-state index contributed by atoms with van der Waals surface area (Å²) in [6.45, 7) is 6.31. The maximum absolute atomic E-state index is 12.6. The van der Waals surface area contributed by atoms with Gasteiger partial charge in [-0.2, -0.15) is 0 Å². The smallest absolute Gasteiger partial charge is 0.242 e. The Morgan fingerprint density at radius 3 is 2.69 bits per heavy atom. The first-order valence-electron chi connectivity index (χ1n) is 10.7. The zero-order valence-corrected chi connectivity index (χ0v) is 19.1. The molecule has 0 saturated heterocycles. The minimum absolute atomic E-state index is 0.0521. The monoisotopic (exact) mass is 453 g/mol. The lowest BCUT2D eigenvalue weighted by atomic mass is 10.2. The fourth-order valence-corrected chi connectivity index (χ4v) is 4.65. The van der Waals surface area contributed by atoms with Crippen molar-refractivity contribution in [3.8, 4) is 11.5 Å². The molecular weight excluding hydrogens is 426 g/mol. The number of benzene rings is 2. The number of carbonyl (C=O) groups excluding carboxylic acids is 2. The van der Waals surface area contributed by atoms with Crippen LogP contribution in [0.1, 0.15) is 19.4 Å². The highest BCUT2D eigenvalue weighted by Crippen LogP contribution is 2.32. The maximum atomic E-state index is 12.6. The number of nitrogens with zero attached hydrogens (tertiary/aromatic N) is 2. The van der Waals surface area contributed by atoms with Crippen LogP contribution in [0.15, 0.2) is 53.6 Å². The van der Waals surface area contributed by atoms with E-state index in [2.05, 4.69) is 5.32 Å². The number of carbonyl (C=O) groups is 2. The normalized spacial score (nSPS) is 12.2. The molecule has 2 aromatic carbocycles. The van der Waals surface area contributed by atoms with Crippen LogP contribution in [0.2, 0.25) is 0 Å². The van der Waals surface area contributed by atoms with Gasteiger partial charge in [-0.3, -0.25) is 9.59 Å². The fraction of sp³-hybridized carbons (Fsp3) is 0.333. The zero-order valence-electron chi connectivity index (χ0n) is 18.3. The van der Waals surface area contributed by atoms with E-state index in [1.54, 1.807) is 0 Å².